The SMILES string of the molecule is COCCn1ccnc1C1CCCN(C(=O)Cc2cccnc2)C1. The smallest absolute Gasteiger partial charge is 0.227 e. The molecule has 1 aliphatic heterocycles. The zero-order valence-corrected chi connectivity index (χ0v) is 14.1. The maximum atomic E-state index is 12.6. The fourth-order valence-electron chi connectivity index (χ4n) is 3.26. The Morgan fingerprint density at radius 1 is 1.42 bits per heavy atom. The first-order valence-corrected chi connectivity index (χ1v) is 8.44. The fourth-order valence-corrected chi connectivity index (χ4v) is 3.26. The van der Waals surface area contributed by atoms with Gasteiger partial charge in [-0.25, -0.2) is 4.98 Å². The average Bonchev–Trinajstić information content (AvgIpc) is 3.09. The summed E-state index contributed by atoms with van der Waals surface area (Å²) in [5, 5.41) is 0. The third kappa shape index (κ3) is 4.00. The summed E-state index contributed by atoms with van der Waals surface area (Å²) >= 11 is 0. The van der Waals surface area contributed by atoms with Crippen molar-refractivity contribution in [2.24, 2.45) is 0 Å². The number of hydrogen-bond donors (Lipinski definition) is 0. The van der Waals surface area contributed by atoms with Gasteiger partial charge in [0, 0.05) is 57.4 Å². The highest BCUT2D eigenvalue weighted by Gasteiger charge is 2.27. The summed E-state index contributed by atoms with van der Waals surface area (Å²) in [4.78, 5) is 23.2. The van der Waals surface area contributed by atoms with Crippen LogP contribution in [0.4, 0.5) is 0 Å². The molecule has 1 amide bonds. The molecule has 1 aliphatic rings. The van der Waals surface area contributed by atoms with Crippen molar-refractivity contribution in [3.8, 4) is 0 Å². The summed E-state index contributed by atoms with van der Waals surface area (Å²) in [6, 6.07) is 3.82. The monoisotopic (exact) mass is 328 g/mol. The number of amides is 1. The Hall–Kier alpha value is -2.21. The molecule has 1 unspecified atom stereocenters. The minimum atomic E-state index is 0.169. The van der Waals surface area contributed by atoms with Gasteiger partial charge in [0.25, 0.3) is 0 Å². The van der Waals surface area contributed by atoms with Crippen LogP contribution in [-0.2, 0) is 22.5 Å². The van der Waals surface area contributed by atoms with Gasteiger partial charge in [0.15, 0.2) is 0 Å². The molecule has 0 saturated carbocycles. The molecule has 128 valence electrons. The third-order valence-electron chi connectivity index (χ3n) is 4.50. The number of carbonyl (C=O) groups is 1. The lowest BCUT2D eigenvalue weighted by Gasteiger charge is -2.32. The highest BCUT2D eigenvalue weighted by Crippen LogP contribution is 2.26. The van der Waals surface area contributed by atoms with Gasteiger partial charge in [-0.15, -0.1) is 0 Å². The molecule has 0 bridgehead atoms. The first-order valence-electron chi connectivity index (χ1n) is 8.44. The third-order valence-corrected chi connectivity index (χ3v) is 4.50. The van der Waals surface area contributed by atoms with Crippen LogP contribution in [0.3, 0.4) is 0 Å². The number of hydrogen-bond acceptors (Lipinski definition) is 4. The van der Waals surface area contributed by atoms with Crippen molar-refractivity contribution < 1.29 is 9.53 Å². The predicted octanol–water partition coefficient (Wildman–Crippen LogP) is 1.87. The number of imidazole rings is 1. The molecule has 2 aromatic heterocycles. The fraction of sp³-hybridized carbons (Fsp3) is 0.500. The van der Waals surface area contributed by atoms with E-state index in [1.54, 1.807) is 19.5 Å². The molecule has 24 heavy (non-hydrogen) atoms. The van der Waals surface area contributed by atoms with E-state index in [1.165, 1.54) is 0 Å². The van der Waals surface area contributed by atoms with Gasteiger partial charge in [-0.2, -0.15) is 0 Å². The minimum Gasteiger partial charge on any atom is -0.383 e. The lowest BCUT2D eigenvalue weighted by atomic mass is 9.96. The van der Waals surface area contributed by atoms with Crippen molar-refractivity contribution in [2.75, 3.05) is 26.8 Å². The molecule has 0 N–H and O–H groups in total. The maximum Gasteiger partial charge on any atom is 0.227 e. The molecular formula is C18H24N4O2. The van der Waals surface area contributed by atoms with E-state index in [9.17, 15) is 4.79 Å². The van der Waals surface area contributed by atoms with Gasteiger partial charge in [-0.05, 0) is 24.5 Å². The Bertz CT molecular complexity index is 656. The van der Waals surface area contributed by atoms with Crippen molar-refractivity contribution >= 4 is 5.91 Å². The molecule has 1 atom stereocenters. The Morgan fingerprint density at radius 2 is 2.33 bits per heavy atom. The van der Waals surface area contributed by atoms with Crippen LogP contribution in [0.5, 0.6) is 0 Å². The van der Waals surface area contributed by atoms with Crippen molar-refractivity contribution in [2.45, 2.75) is 31.7 Å². The first-order chi connectivity index (χ1) is 11.8. The van der Waals surface area contributed by atoms with Crippen molar-refractivity contribution in [3.05, 3.63) is 48.3 Å². The quantitative estimate of drug-likeness (QED) is 0.812. The summed E-state index contributed by atoms with van der Waals surface area (Å²) in [5.74, 6) is 1.53. The molecular weight excluding hydrogens is 304 g/mol. The van der Waals surface area contributed by atoms with Gasteiger partial charge >= 0.3 is 0 Å². The zero-order valence-electron chi connectivity index (χ0n) is 14.1. The van der Waals surface area contributed by atoms with Crippen LogP contribution in [0.15, 0.2) is 36.9 Å². The van der Waals surface area contributed by atoms with E-state index in [0.29, 0.717) is 18.9 Å². The average molecular weight is 328 g/mol. The van der Waals surface area contributed by atoms with Gasteiger partial charge in [0.1, 0.15) is 5.82 Å². The largest absolute Gasteiger partial charge is 0.383 e. The number of pyridine rings is 1. The molecule has 6 heteroatoms. The van der Waals surface area contributed by atoms with E-state index >= 15 is 0 Å². The van der Waals surface area contributed by atoms with Gasteiger partial charge in [-0.1, -0.05) is 6.07 Å². The predicted molar refractivity (Wildman–Crippen MR) is 90.6 cm³/mol. The van der Waals surface area contributed by atoms with Crippen LogP contribution in [-0.4, -0.2) is 52.1 Å². The highest BCUT2D eigenvalue weighted by atomic mass is 16.5. The minimum absolute atomic E-state index is 0.169. The Labute approximate surface area is 142 Å². The number of aromatic nitrogens is 3. The number of carbonyl (C=O) groups excluding carboxylic acids is 1. The van der Waals surface area contributed by atoms with E-state index in [4.69, 9.17) is 4.74 Å². The zero-order chi connectivity index (χ0) is 16.8. The van der Waals surface area contributed by atoms with E-state index in [0.717, 1.165) is 43.9 Å². The van der Waals surface area contributed by atoms with Gasteiger partial charge in [-0.3, -0.25) is 9.78 Å². The number of ether oxygens (including phenoxy) is 1. The number of nitrogens with zero attached hydrogens (tertiary/aromatic N) is 4. The molecule has 1 saturated heterocycles. The second kappa shape index (κ2) is 8.06. The van der Waals surface area contributed by atoms with Crippen LogP contribution in [0.25, 0.3) is 0 Å². The van der Waals surface area contributed by atoms with Gasteiger partial charge in [0.05, 0.1) is 13.0 Å². The molecule has 0 aromatic carbocycles. The second-order valence-corrected chi connectivity index (χ2v) is 6.19. The van der Waals surface area contributed by atoms with Crippen molar-refractivity contribution in [1.29, 1.82) is 0 Å². The van der Waals surface area contributed by atoms with Crippen LogP contribution in [0, 0.1) is 0 Å². The summed E-state index contributed by atoms with van der Waals surface area (Å²) in [7, 11) is 1.70. The van der Waals surface area contributed by atoms with E-state index < -0.39 is 0 Å². The van der Waals surface area contributed by atoms with Crippen LogP contribution < -0.4 is 0 Å². The number of rotatable bonds is 6. The summed E-state index contributed by atoms with van der Waals surface area (Å²) < 4.78 is 7.31. The molecule has 0 spiro atoms. The number of methoxy groups -OCH3 is 1. The summed E-state index contributed by atoms with van der Waals surface area (Å²) in [6.45, 7) is 3.03. The van der Waals surface area contributed by atoms with E-state index in [1.807, 2.05) is 29.4 Å². The van der Waals surface area contributed by atoms with Crippen LogP contribution in [0.1, 0.15) is 30.1 Å². The number of likely N-dealkylation sites (tertiary alicyclic amines) is 1. The molecule has 0 radical (unpaired) electrons. The summed E-state index contributed by atoms with van der Waals surface area (Å²) in [6.07, 6.45) is 9.81. The van der Waals surface area contributed by atoms with Crippen LogP contribution in [0.2, 0.25) is 0 Å². The molecule has 2 aromatic rings. The van der Waals surface area contributed by atoms with Gasteiger partial charge < -0.3 is 14.2 Å². The Morgan fingerprint density at radius 3 is 3.12 bits per heavy atom. The molecule has 1 fully saturated rings. The lowest BCUT2D eigenvalue weighted by Crippen LogP contribution is -2.40. The normalized spacial score (nSPS) is 17.9. The summed E-state index contributed by atoms with van der Waals surface area (Å²) in [5.41, 5.74) is 0.964. The molecule has 0 aliphatic carbocycles. The highest BCUT2D eigenvalue weighted by molar-refractivity contribution is 5.78. The molecule has 3 heterocycles. The molecule has 6 nitrogen and oxygen atoms in total. The maximum absolute atomic E-state index is 12.6. The second-order valence-electron chi connectivity index (χ2n) is 6.19. The molecule has 3 rings (SSSR count). The lowest BCUT2D eigenvalue weighted by molar-refractivity contribution is -0.131. The first kappa shape index (κ1) is 16.6. The van der Waals surface area contributed by atoms with Crippen molar-refractivity contribution in [1.82, 2.24) is 19.4 Å². The van der Waals surface area contributed by atoms with E-state index in [2.05, 4.69) is 14.5 Å². The Balaban J connectivity index is 1.64. The Kier molecular flexibility index (Phi) is 5.59. The number of piperidine rings is 1. The standard InChI is InChI=1S/C18H24N4O2/c1-24-11-10-21-9-7-20-18(21)16-5-3-8-22(14-16)17(23)12-15-4-2-6-19-13-15/h2,4,6-7,9,13,16H,3,5,8,10-12,14H2,1H3. The van der Waals surface area contributed by atoms with Gasteiger partial charge in [0.2, 0.25) is 5.91 Å². The van der Waals surface area contributed by atoms with Crippen LogP contribution >= 0.6 is 0 Å². The van der Waals surface area contributed by atoms with Crippen molar-refractivity contribution in [3.63, 3.8) is 0 Å². The van der Waals surface area contributed by atoms with E-state index in [-0.39, 0.29) is 5.91 Å². The topological polar surface area (TPSA) is 60.2 Å².